The van der Waals surface area contributed by atoms with Crippen LogP contribution in [0.1, 0.15) is 0 Å². The fourth-order valence-electron chi connectivity index (χ4n) is 4.69. The van der Waals surface area contributed by atoms with E-state index in [0.717, 1.165) is 37.7 Å². The van der Waals surface area contributed by atoms with Gasteiger partial charge in [0, 0.05) is 46.9 Å². The summed E-state index contributed by atoms with van der Waals surface area (Å²) in [5, 5.41) is 0.970. The molecule has 0 aliphatic rings. The fourth-order valence-corrected chi connectivity index (χ4v) is 5.81. The van der Waals surface area contributed by atoms with Crippen LogP contribution in [0.5, 0.6) is 0 Å². The Hall–Kier alpha value is -3.67. The lowest BCUT2D eigenvalue weighted by Gasteiger charge is -2.11. The summed E-state index contributed by atoms with van der Waals surface area (Å²) in [5.41, 5.74) is 5.28. The van der Waals surface area contributed by atoms with Gasteiger partial charge in [0.15, 0.2) is 0 Å². The van der Waals surface area contributed by atoms with Crippen LogP contribution in [-0.2, 0) is 24.1 Å². The zero-order valence-electron chi connectivity index (χ0n) is 19.6. The molecule has 9 nitrogen and oxygen atoms in total. The molecule has 36 heavy (non-hydrogen) atoms. The Bertz CT molecular complexity index is 2010. The number of sulfonamides is 1. The molecule has 0 unspecified atom stereocenters. The molecule has 182 valence electrons. The molecule has 0 saturated heterocycles. The summed E-state index contributed by atoms with van der Waals surface area (Å²) >= 11 is 3.56. The molecule has 6 aromatic rings. The lowest BCUT2D eigenvalue weighted by atomic mass is 10.1. The Kier molecular flexibility index (Phi) is 5.01. The molecule has 0 radical (unpaired) electrons. The van der Waals surface area contributed by atoms with Crippen molar-refractivity contribution in [1.82, 2.24) is 28.4 Å². The van der Waals surface area contributed by atoms with Crippen LogP contribution in [0.25, 0.3) is 50.0 Å². The first-order chi connectivity index (χ1) is 17.2. The highest BCUT2D eigenvalue weighted by Crippen LogP contribution is 2.35. The lowest BCUT2D eigenvalue weighted by Crippen LogP contribution is -2.19. The molecule has 0 fully saturated rings. The third-order valence-corrected chi connectivity index (χ3v) is 8.51. The van der Waals surface area contributed by atoms with Crippen molar-refractivity contribution < 1.29 is 8.42 Å². The van der Waals surface area contributed by atoms with Crippen molar-refractivity contribution >= 4 is 58.9 Å². The van der Waals surface area contributed by atoms with Crippen LogP contribution >= 0.6 is 15.9 Å². The molecule has 3 aromatic heterocycles. The minimum absolute atomic E-state index is 0.123. The van der Waals surface area contributed by atoms with Gasteiger partial charge in [0.05, 0.1) is 27.0 Å². The number of nitrogens with zero attached hydrogens (tertiary/aromatic N) is 4. The maximum atomic E-state index is 12.6. The molecule has 2 N–H and O–H groups in total. The molecule has 0 aliphatic carbocycles. The van der Waals surface area contributed by atoms with Crippen LogP contribution in [0.2, 0.25) is 0 Å². The number of hydrogen-bond donors (Lipinski definition) is 2. The number of aromatic nitrogens is 5. The minimum Gasteiger partial charge on any atom is -0.360 e. The van der Waals surface area contributed by atoms with Gasteiger partial charge in [0.1, 0.15) is 5.82 Å². The highest BCUT2D eigenvalue weighted by molar-refractivity contribution is 9.10. The van der Waals surface area contributed by atoms with Gasteiger partial charge < -0.3 is 4.98 Å². The number of imidazole rings is 2. The number of H-pyrrole nitrogens is 1. The monoisotopic (exact) mass is 564 g/mol. The molecule has 0 saturated carbocycles. The van der Waals surface area contributed by atoms with E-state index in [0.29, 0.717) is 16.9 Å². The summed E-state index contributed by atoms with van der Waals surface area (Å²) in [4.78, 5) is 20.9. The van der Waals surface area contributed by atoms with Crippen molar-refractivity contribution in [2.45, 2.75) is 4.90 Å². The SMILES string of the molecule is CNS(=O)(=O)c1ccc2nc(-c3c[nH]c4ccc(Br)cc34)n(-c3ccc4c(c3)n(C)c(=O)n4C)c2c1. The van der Waals surface area contributed by atoms with E-state index in [9.17, 15) is 13.2 Å². The second-order valence-corrected chi connectivity index (χ2v) is 11.4. The molecular weight excluding hydrogens is 544 g/mol. The van der Waals surface area contributed by atoms with Crippen molar-refractivity contribution in [1.29, 1.82) is 0 Å². The minimum atomic E-state index is -3.67. The summed E-state index contributed by atoms with van der Waals surface area (Å²) in [6.07, 6.45) is 1.90. The van der Waals surface area contributed by atoms with Gasteiger partial charge in [-0.15, -0.1) is 0 Å². The van der Waals surface area contributed by atoms with Gasteiger partial charge in [-0.25, -0.2) is 22.9 Å². The first-order valence-electron chi connectivity index (χ1n) is 11.1. The molecule has 3 aromatic carbocycles. The summed E-state index contributed by atoms with van der Waals surface area (Å²) in [6, 6.07) is 16.6. The average Bonchev–Trinajstić information content (AvgIpc) is 3.52. The van der Waals surface area contributed by atoms with Gasteiger partial charge in [-0.3, -0.25) is 13.7 Å². The largest absolute Gasteiger partial charge is 0.360 e. The normalized spacial score (nSPS) is 12.3. The molecule has 3 heterocycles. The van der Waals surface area contributed by atoms with E-state index >= 15 is 0 Å². The second kappa shape index (κ2) is 7.92. The zero-order chi connectivity index (χ0) is 25.4. The number of benzene rings is 3. The van der Waals surface area contributed by atoms with E-state index in [4.69, 9.17) is 4.98 Å². The molecule has 11 heteroatoms. The van der Waals surface area contributed by atoms with Crippen LogP contribution in [0.15, 0.2) is 75.0 Å². The summed E-state index contributed by atoms with van der Waals surface area (Å²) in [6.45, 7) is 0. The summed E-state index contributed by atoms with van der Waals surface area (Å²) in [7, 11) is 1.18. The Morgan fingerprint density at radius 1 is 0.944 bits per heavy atom. The zero-order valence-corrected chi connectivity index (χ0v) is 22.0. The Morgan fingerprint density at radius 3 is 2.50 bits per heavy atom. The summed E-state index contributed by atoms with van der Waals surface area (Å²) < 4.78 is 33.7. The topological polar surface area (TPSA) is 107 Å². The van der Waals surface area contributed by atoms with Crippen molar-refractivity contribution in [3.05, 3.63) is 75.8 Å². The molecule has 0 atom stereocenters. The van der Waals surface area contributed by atoms with Crippen LogP contribution in [0.4, 0.5) is 0 Å². The average molecular weight is 565 g/mol. The highest BCUT2D eigenvalue weighted by atomic mass is 79.9. The van der Waals surface area contributed by atoms with Crippen LogP contribution in [0, 0.1) is 0 Å². The molecule has 0 amide bonds. The van der Waals surface area contributed by atoms with E-state index in [2.05, 4.69) is 25.6 Å². The predicted molar refractivity (Wildman–Crippen MR) is 144 cm³/mol. The Labute approximate surface area is 214 Å². The number of halogens is 1. The Morgan fingerprint density at radius 2 is 1.72 bits per heavy atom. The quantitative estimate of drug-likeness (QED) is 0.337. The first-order valence-corrected chi connectivity index (χ1v) is 13.4. The van der Waals surface area contributed by atoms with Crippen molar-refractivity contribution in [3.63, 3.8) is 0 Å². The number of rotatable bonds is 4. The molecule has 0 aliphatic heterocycles. The maximum absolute atomic E-state index is 12.6. The third-order valence-electron chi connectivity index (χ3n) is 6.60. The number of aromatic amines is 1. The van der Waals surface area contributed by atoms with E-state index in [-0.39, 0.29) is 10.6 Å². The molecule has 0 bridgehead atoms. The fraction of sp³-hybridized carbons (Fsp3) is 0.120. The molecule has 6 rings (SSSR count). The van der Waals surface area contributed by atoms with Gasteiger partial charge in [-0.1, -0.05) is 15.9 Å². The smallest absolute Gasteiger partial charge is 0.328 e. The van der Waals surface area contributed by atoms with E-state index in [1.54, 1.807) is 41.4 Å². The van der Waals surface area contributed by atoms with Gasteiger partial charge in [-0.05, 0) is 61.6 Å². The number of aryl methyl sites for hydroxylation is 2. The number of hydrogen-bond acceptors (Lipinski definition) is 4. The number of fused-ring (bicyclic) bond motifs is 3. The van der Waals surface area contributed by atoms with E-state index in [1.807, 2.05) is 47.2 Å². The second-order valence-electron chi connectivity index (χ2n) is 8.59. The summed E-state index contributed by atoms with van der Waals surface area (Å²) in [5.74, 6) is 0.647. The predicted octanol–water partition coefficient (Wildman–Crippen LogP) is 4.03. The lowest BCUT2D eigenvalue weighted by molar-refractivity contribution is 0.588. The Balaban J connectivity index is 1.73. The van der Waals surface area contributed by atoms with E-state index in [1.165, 1.54) is 7.05 Å². The van der Waals surface area contributed by atoms with Crippen molar-refractivity contribution in [2.24, 2.45) is 14.1 Å². The maximum Gasteiger partial charge on any atom is 0.328 e. The van der Waals surface area contributed by atoms with E-state index < -0.39 is 10.0 Å². The highest BCUT2D eigenvalue weighted by Gasteiger charge is 2.21. The van der Waals surface area contributed by atoms with Gasteiger partial charge >= 0.3 is 5.69 Å². The van der Waals surface area contributed by atoms with Gasteiger partial charge in [-0.2, -0.15) is 0 Å². The van der Waals surface area contributed by atoms with Crippen LogP contribution < -0.4 is 10.4 Å². The molecular formula is C25H21BrN6O3S. The van der Waals surface area contributed by atoms with Crippen LogP contribution in [-0.4, -0.2) is 39.1 Å². The van der Waals surface area contributed by atoms with Crippen molar-refractivity contribution in [2.75, 3.05) is 7.05 Å². The number of nitrogens with one attached hydrogen (secondary N) is 2. The van der Waals surface area contributed by atoms with Gasteiger partial charge in [0.2, 0.25) is 10.0 Å². The standard InChI is InChI=1S/C25H21BrN6O3S/c1-27-36(34,35)16-6-8-20-22(12-16)32(15-5-9-21-23(11-15)31(3)25(33)30(21)2)24(29-20)18-13-28-19-7-4-14(26)10-17(18)19/h4-13,27-28H,1-3H3. The van der Waals surface area contributed by atoms with Gasteiger partial charge in [0.25, 0.3) is 0 Å². The van der Waals surface area contributed by atoms with Crippen LogP contribution in [0.3, 0.4) is 0 Å². The molecule has 0 spiro atoms. The third kappa shape index (κ3) is 3.27. The first kappa shape index (κ1) is 22.8. The van der Waals surface area contributed by atoms with Crippen molar-refractivity contribution in [3.8, 4) is 17.1 Å².